The third-order valence-electron chi connectivity index (χ3n) is 4.24. The average Bonchev–Trinajstić information content (AvgIpc) is 2.68. The number of hydrogen-bond acceptors (Lipinski definition) is 6. The summed E-state index contributed by atoms with van der Waals surface area (Å²) in [5.74, 6) is 0.773. The third kappa shape index (κ3) is 5.32. The van der Waals surface area contributed by atoms with Crippen molar-refractivity contribution in [2.45, 2.75) is 20.0 Å². The Morgan fingerprint density at radius 1 is 1.14 bits per heavy atom. The number of anilines is 1. The highest BCUT2D eigenvalue weighted by Gasteiger charge is 2.11. The lowest BCUT2D eigenvalue weighted by Gasteiger charge is -2.13. The molecule has 1 aromatic heterocycles. The van der Waals surface area contributed by atoms with E-state index in [-0.39, 0.29) is 11.5 Å². The average molecular weight is 395 g/mol. The fourth-order valence-electron chi connectivity index (χ4n) is 2.94. The molecule has 0 amide bonds. The van der Waals surface area contributed by atoms with E-state index in [1.165, 1.54) is 18.2 Å². The molecule has 2 aromatic carbocycles. The molecule has 3 rings (SSSR count). The number of halogens is 1. The van der Waals surface area contributed by atoms with Crippen molar-refractivity contribution >= 4 is 11.5 Å². The molecule has 8 heteroatoms. The van der Waals surface area contributed by atoms with Gasteiger partial charge in [0.05, 0.1) is 4.92 Å². The number of nitro benzene ring substituents is 1. The minimum Gasteiger partial charge on any atom is -0.366 e. The Morgan fingerprint density at radius 3 is 2.66 bits per heavy atom. The van der Waals surface area contributed by atoms with Crippen molar-refractivity contribution < 1.29 is 9.31 Å². The summed E-state index contributed by atoms with van der Waals surface area (Å²) in [6.45, 7) is 2.82. The van der Waals surface area contributed by atoms with Crippen LogP contribution < -0.4 is 5.32 Å². The second-order valence-electron chi connectivity index (χ2n) is 7.04. The predicted octanol–water partition coefficient (Wildman–Crippen LogP) is 4.17. The standard InChI is InChI=1S/C21H22FN5O2/c1-14-9-20(23-12-15-7-8-19(22)17(10-15)13-26(2)3)25-21(24-14)16-5-4-6-18(11-16)27(28)29/h4-11H,12-13H2,1-3H3,(H,23,24,25). The van der Waals surface area contributed by atoms with Crippen LogP contribution in [0.4, 0.5) is 15.9 Å². The van der Waals surface area contributed by atoms with Crippen molar-refractivity contribution in [2.24, 2.45) is 0 Å². The van der Waals surface area contributed by atoms with E-state index in [4.69, 9.17) is 0 Å². The van der Waals surface area contributed by atoms with E-state index in [0.717, 1.165) is 11.3 Å². The molecule has 0 aliphatic carbocycles. The highest BCUT2D eigenvalue weighted by atomic mass is 19.1. The topological polar surface area (TPSA) is 84.2 Å². The summed E-state index contributed by atoms with van der Waals surface area (Å²) in [6, 6.07) is 13.1. The fraction of sp³-hybridized carbons (Fsp3) is 0.238. The third-order valence-corrected chi connectivity index (χ3v) is 4.24. The lowest BCUT2D eigenvalue weighted by Crippen LogP contribution is -2.12. The number of non-ortho nitro benzene ring substituents is 1. The summed E-state index contributed by atoms with van der Waals surface area (Å²) < 4.78 is 14.0. The van der Waals surface area contributed by atoms with Gasteiger partial charge in [-0.15, -0.1) is 0 Å². The quantitative estimate of drug-likeness (QED) is 0.477. The highest BCUT2D eigenvalue weighted by Crippen LogP contribution is 2.23. The molecule has 1 N–H and O–H groups in total. The van der Waals surface area contributed by atoms with Gasteiger partial charge in [-0.3, -0.25) is 10.1 Å². The number of nitro groups is 1. The summed E-state index contributed by atoms with van der Waals surface area (Å²) in [5, 5.41) is 14.2. The molecular formula is C21H22FN5O2. The van der Waals surface area contributed by atoms with Gasteiger partial charge in [-0.05, 0) is 38.7 Å². The lowest BCUT2D eigenvalue weighted by molar-refractivity contribution is -0.384. The van der Waals surface area contributed by atoms with Crippen LogP contribution in [0.25, 0.3) is 11.4 Å². The zero-order valence-electron chi connectivity index (χ0n) is 16.5. The van der Waals surface area contributed by atoms with Crippen molar-refractivity contribution in [1.82, 2.24) is 14.9 Å². The Hall–Kier alpha value is -3.39. The smallest absolute Gasteiger partial charge is 0.270 e. The minimum atomic E-state index is -0.446. The van der Waals surface area contributed by atoms with Gasteiger partial charge in [-0.2, -0.15) is 0 Å². The van der Waals surface area contributed by atoms with E-state index >= 15 is 0 Å². The zero-order chi connectivity index (χ0) is 21.0. The van der Waals surface area contributed by atoms with Crippen LogP contribution >= 0.6 is 0 Å². The number of benzene rings is 2. The molecule has 150 valence electrons. The molecule has 0 aliphatic heterocycles. The van der Waals surface area contributed by atoms with E-state index in [2.05, 4.69) is 15.3 Å². The first-order valence-corrected chi connectivity index (χ1v) is 9.08. The molecule has 1 heterocycles. The first-order chi connectivity index (χ1) is 13.8. The predicted molar refractivity (Wildman–Crippen MR) is 110 cm³/mol. The monoisotopic (exact) mass is 395 g/mol. The van der Waals surface area contributed by atoms with Crippen molar-refractivity contribution in [3.05, 3.63) is 81.3 Å². The molecule has 0 radical (unpaired) electrons. The van der Waals surface area contributed by atoms with Crippen LogP contribution in [0.2, 0.25) is 0 Å². The second kappa shape index (κ2) is 8.74. The molecule has 3 aromatic rings. The molecule has 0 saturated heterocycles. The molecule has 0 atom stereocenters. The minimum absolute atomic E-state index is 0.0122. The van der Waals surface area contributed by atoms with Crippen LogP contribution in [0.5, 0.6) is 0 Å². The maximum absolute atomic E-state index is 14.0. The Labute approximate surface area is 168 Å². The zero-order valence-corrected chi connectivity index (χ0v) is 16.5. The molecular weight excluding hydrogens is 373 g/mol. The van der Waals surface area contributed by atoms with Gasteiger partial charge in [0.1, 0.15) is 11.6 Å². The summed E-state index contributed by atoms with van der Waals surface area (Å²) in [7, 11) is 3.78. The van der Waals surface area contributed by atoms with Gasteiger partial charge in [-0.25, -0.2) is 14.4 Å². The van der Waals surface area contributed by atoms with Gasteiger partial charge in [0, 0.05) is 48.1 Å². The molecule has 7 nitrogen and oxygen atoms in total. The molecule has 0 unspecified atom stereocenters. The van der Waals surface area contributed by atoms with Crippen molar-refractivity contribution in [2.75, 3.05) is 19.4 Å². The van der Waals surface area contributed by atoms with E-state index in [9.17, 15) is 14.5 Å². The first-order valence-electron chi connectivity index (χ1n) is 9.08. The van der Waals surface area contributed by atoms with Crippen molar-refractivity contribution in [3.63, 3.8) is 0 Å². The summed E-state index contributed by atoms with van der Waals surface area (Å²) in [6.07, 6.45) is 0. The fourth-order valence-corrected chi connectivity index (χ4v) is 2.94. The summed E-state index contributed by atoms with van der Waals surface area (Å²) in [4.78, 5) is 21.4. The Morgan fingerprint density at radius 2 is 1.93 bits per heavy atom. The number of aryl methyl sites for hydroxylation is 1. The molecule has 0 fully saturated rings. The van der Waals surface area contributed by atoms with Crippen LogP contribution in [-0.2, 0) is 13.1 Å². The van der Waals surface area contributed by atoms with Gasteiger partial charge in [0.2, 0.25) is 0 Å². The lowest BCUT2D eigenvalue weighted by atomic mass is 10.1. The van der Waals surface area contributed by atoms with Crippen LogP contribution in [0.3, 0.4) is 0 Å². The SMILES string of the molecule is Cc1cc(NCc2ccc(F)c(CN(C)C)c2)nc(-c2cccc([N+](=O)[O-])c2)n1. The van der Waals surface area contributed by atoms with E-state index in [0.29, 0.717) is 35.9 Å². The number of rotatable bonds is 7. The maximum Gasteiger partial charge on any atom is 0.270 e. The first kappa shape index (κ1) is 20.3. The van der Waals surface area contributed by atoms with Gasteiger partial charge in [0.25, 0.3) is 5.69 Å². The van der Waals surface area contributed by atoms with Crippen molar-refractivity contribution in [3.8, 4) is 11.4 Å². The van der Waals surface area contributed by atoms with Crippen LogP contribution in [-0.4, -0.2) is 33.9 Å². The van der Waals surface area contributed by atoms with Gasteiger partial charge >= 0.3 is 0 Å². The van der Waals surface area contributed by atoms with Crippen LogP contribution in [0.15, 0.2) is 48.5 Å². The van der Waals surface area contributed by atoms with Crippen LogP contribution in [0.1, 0.15) is 16.8 Å². The van der Waals surface area contributed by atoms with E-state index in [1.807, 2.05) is 32.0 Å². The molecule has 0 saturated carbocycles. The number of nitrogens with one attached hydrogen (secondary N) is 1. The van der Waals surface area contributed by atoms with Gasteiger partial charge < -0.3 is 10.2 Å². The number of hydrogen-bond donors (Lipinski definition) is 1. The second-order valence-corrected chi connectivity index (χ2v) is 7.04. The van der Waals surface area contributed by atoms with Gasteiger partial charge in [-0.1, -0.05) is 18.2 Å². The van der Waals surface area contributed by atoms with E-state index < -0.39 is 4.92 Å². The summed E-state index contributed by atoms with van der Waals surface area (Å²) >= 11 is 0. The summed E-state index contributed by atoms with van der Waals surface area (Å²) in [5.41, 5.74) is 2.85. The Balaban J connectivity index is 1.81. The highest BCUT2D eigenvalue weighted by molar-refractivity contribution is 5.61. The molecule has 0 aliphatic rings. The largest absolute Gasteiger partial charge is 0.366 e. The van der Waals surface area contributed by atoms with Crippen molar-refractivity contribution in [1.29, 1.82) is 0 Å². The molecule has 0 spiro atoms. The van der Waals surface area contributed by atoms with Gasteiger partial charge in [0.15, 0.2) is 5.82 Å². The maximum atomic E-state index is 14.0. The molecule has 29 heavy (non-hydrogen) atoms. The van der Waals surface area contributed by atoms with Crippen LogP contribution in [0, 0.1) is 22.9 Å². The molecule has 0 bridgehead atoms. The number of nitrogens with zero attached hydrogens (tertiary/aromatic N) is 4. The number of aromatic nitrogens is 2. The Kier molecular flexibility index (Phi) is 6.13. The Bertz CT molecular complexity index is 1040. The normalized spacial score (nSPS) is 10.9. The van der Waals surface area contributed by atoms with E-state index in [1.54, 1.807) is 24.3 Å².